The molecular formula is C15H14ClN3O2S. The smallest absolute Gasteiger partial charge is 0.243 e. The van der Waals surface area contributed by atoms with E-state index in [0.29, 0.717) is 10.2 Å². The maximum atomic E-state index is 12.6. The summed E-state index contributed by atoms with van der Waals surface area (Å²) in [6, 6.07) is 7.01. The number of halogens is 1. The third kappa shape index (κ3) is 2.76. The predicted molar refractivity (Wildman–Crippen MR) is 85.2 cm³/mol. The van der Waals surface area contributed by atoms with Gasteiger partial charge < -0.3 is 0 Å². The Labute approximate surface area is 136 Å². The van der Waals surface area contributed by atoms with Crippen LogP contribution in [-0.2, 0) is 16.0 Å². The first kappa shape index (κ1) is 15.1. The molecule has 0 radical (unpaired) electrons. The average molecular weight is 336 g/mol. The fourth-order valence-electron chi connectivity index (χ4n) is 2.44. The molecule has 0 N–H and O–H groups in total. The number of nitrogens with zero attached hydrogens (tertiary/aromatic N) is 3. The predicted octanol–water partition coefficient (Wildman–Crippen LogP) is 3.19. The lowest BCUT2D eigenvalue weighted by atomic mass is 9.98. The molecule has 1 atom stereocenters. The van der Waals surface area contributed by atoms with E-state index in [1.54, 1.807) is 24.3 Å². The van der Waals surface area contributed by atoms with Gasteiger partial charge in [-0.3, -0.25) is 9.59 Å². The molecule has 2 aromatic rings. The highest BCUT2D eigenvalue weighted by molar-refractivity contribution is 7.15. The molecule has 0 aliphatic carbocycles. The zero-order valence-corrected chi connectivity index (χ0v) is 13.5. The molecule has 7 heteroatoms. The third-order valence-corrected chi connectivity index (χ3v) is 4.75. The monoisotopic (exact) mass is 335 g/mol. The number of hydrogen-bond acceptors (Lipinski definition) is 5. The summed E-state index contributed by atoms with van der Waals surface area (Å²) in [5, 5.41) is 9.84. The molecule has 5 nitrogen and oxygen atoms in total. The lowest BCUT2D eigenvalue weighted by Gasteiger charge is -2.11. The number of aryl methyl sites for hydroxylation is 1. The molecule has 1 aliphatic rings. The lowest BCUT2D eigenvalue weighted by Crippen LogP contribution is -2.29. The highest BCUT2D eigenvalue weighted by Gasteiger charge is 2.42. The molecule has 1 aromatic heterocycles. The van der Waals surface area contributed by atoms with Crippen molar-refractivity contribution in [2.75, 3.05) is 4.90 Å². The first-order valence-corrected chi connectivity index (χ1v) is 8.24. The molecule has 1 saturated heterocycles. The van der Waals surface area contributed by atoms with Gasteiger partial charge in [0.25, 0.3) is 0 Å². The van der Waals surface area contributed by atoms with Crippen LogP contribution in [0, 0.1) is 0 Å². The normalized spacial score (nSPS) is 18.3. The van der Waals surface area contributed by atoms with Gasteiger partial charge >= 0.3 is 0 Å². The van der Waals surface area contributed by atoms with Crippen LogP contribution in [0.1, 0.15) is 36.3 Å². The summed E-state index contributed by atoms with van der Waals surface area (Å²) in [5.74, 6) is -0.945. The van der Waals surface area contributed by atoms with Gasteiger partial charge in [-0.15, -0.1) is 10.2 Å². The van der Waals surface area contributed by atoms with E-state index in [-0.39, 0.29) is 18.2 Å². The Morgan fingerprint density at radius 3 is 2.68 bits per heavy atom. The molecule has 0 bridgehead atoms. The first-order valence-electron chi connectivity index (χ1n) is 7.04. The number of hydrogen-bond donors (Lipinski definition) is 0. The van der Waals surface area contributed by atoms with E-state index in [4.69, 9.17) is 11.6 Å². The molecule has 22 heavy (non-hydrogen) atoms. The molecule has 2 heterocycles. The van der Waals surface area contributed by atoms with Crippen molar-refractivity contribution in [3.63, 3.8) is 0 Å². The zero-order chi connectivity index (χ0) is 15.7. The first-order chi connectivity index (χ1) is 10.6. The molecule has 0 saturated carbocycles. The third-order valence-electron chi connectivity index (χ3n) is 3.53. The van der Waals surface area contributed by atoms with Crippen LogP contribution in [0.4, 0.5) is 5.13 Å². The fourth-order valence-corrected chi connectivity index (χ4v) is 3.53. The van der Waals surface area contributed by atoms with Crippen molar-refractivity contribution in [2.45, 2.75) is 32.1 Å². The van der Waals surface area contributed by atoms with Crippen molar-refractivity contribution in [3.05, 3.63) is 39.9 Å². The molecular weight excluding hydrogens is 322 g/mol. The van der Waals surface area contributed by atoms with Crippen LogP contribution in [-0.4, -0.2) is 22.0 Å². The van der Waals surface area contributed by atoms with Gasteiger partial charge in [0, 0.05) is 17.9 Å². The van der Waals surface area contributed by atoms with Crippen LogP contribution in [0.2, 0.25) is 5.02 Å². The summed E-state index contributed by atoms with van der Waals surface area (Å²) in [5.41, 5.74) is 0.795. The van der Waals surface area contributed by atoms with E-state index >= 15 is 0 Å². The molecule has 1 unspecified atom stereocenters. The van der Waals surface area contributed by atoms with Crippen molar-refractivity contribution < 1.29 is 9.59 Å². The zero-order valence-electron chi connectivity index (χ0n) is 12.0. The van der Waals surface area contributed by atoms with Gasteiger partial charge in [0.1, 0.15) is 5.01 Å². The van der Waals surface area contributed by atoms with Crippen LogP contribution in [0.5, 0.6) is 0 Å². The summed E-state index contributed by atoms with van der Waals surface area (Å²) >= 11 is 7.16. The summed E-state index contributed by atoms with van der Waals surface area (Å²) in [6.07, 6.45) is 1.90. The molecule has 3 rings (SSSR count). The molecule has 1 aliphatic heterocycles. The second kappa shape index (κ2) is 6.14. The lowest BCUT2D eigenvalue weighted by molar-refractivity contribution is -0.121. The van der Waals surface area contributed by atoms with Gasteiger partial charge in [-0.1, -0.05) is 42.0 Å². The van der Waals surface area contributed by atoms with Crippen LogP contribution in [0.25, 0.3) is 0 Å². The minimum Gasteiger partial charge on any atom is -0.274 e. The Bertz CT molecular complexity index is 714. The number of rotatable bonds is 4. The van der Waals surface area contributed by atoms with E-state index in [1.165, 1.54) is 11.3 Å². The molecule has 1 aromatic carbocycles. The number of amides is 2. The maximum Gasteiger partial charge on any atom is 0.243 e. The van der Waals surface area contributed by atoms with Crippen molar-refractivity contribution in [2.24, 2.45) is 0 Å². The number of anilines is 1. The van der Waals surface area contributed by atoms with Gasteiger partial charge in [-0.05, 0) is 24.1 Å². The van der Waals surface area contributed by atoms with E-state index in [2.05, 4.69) is 10.2 Å². The minimum absolute atomic E-state index is 0.156. The standard InChI is InChI=1S/C15H14ClN3O2S/c1-2-3-12-17-18-15(22-12)19-13(20)8-11(14(19)21)9-4-6-10(16)7-5-9/h4-7,11H,2-3,8H2,1H3. The number of aromatic nitrogens is 2. The van der Waals surface area contributed by atoms with Gasteiger partial charge in [0.15, 0.2) is 0 Å². The SMILES string of the molecule is CCCc1nnc(N2C(=O)CC(c3ccc(Cl)cc3)C2=O)s1. The van der Waals surface area contributed by atoms with Gasteiger partial charge in [0.05, 0.1) is 5.92 Å². The molecule has 2 amide bonds. The van der Waals surface area contributed by atoms with E-state index in [1.807, 2.05) is 6.92 Å². The second-order valence-corrected chi connectivity index (χ2v) is 6.58. The van der Waals surface area contributed by atoms with Gasteiger partial charge in [0.2, 0.25) is 16.9 Å². The summed E-state index contributed by atoms with van der Waals surface area (Å²) < 4.78 is 0. The number of benzene rings is 1. The maximum absolute atomic E-state index is 12.6. The molecule has 114 valence electrons. The van der Waals surface area contributed by atoms with Crippen molar-refractivity contribution in [3.8, 4) is 0 Å². The highest BCUT2D eigenvalue weighted by Crippen LogP contribution is 2.34. The highest BCUT2D eigenvalue weighted by atomic mass is 35.5. The van der Waals surface area contributed by atoms with Crippen LogP contribution in [0.3, 0.4) is 0 Å². The Kier molecular flexibility index (Phi) is 4.22. The van der Waals surface area contributed by atoms with E-state index in [0.717, 1.165) is 28.3 Å². The Hall–Kier alpha value is -1.79. The van der Waals surface area contributed by atoms with Crippen molar-refractivity contribution in [1.82, 2.24) is 10.2 Å². The molecule has 1 fully saturated rings. The Morgan fingerprint density at radius 1 is 1.27 bits per heavy atom. The average Bonchev–Trinajstić information content (AvgIpc) is 3.05. The Morgan fingerprint density at radius 2 is 2.00 bits per heavy atom. The molecule has 0 spiro atoms. The summed E-state index contributed by atoms with van der Waals surface area (Å²) in [4.78, 5) is 26.0. The van der Waals surface area contributed by atoms with Gasteiger partial charge in [-0.25, -0.2) is 4.90 Å². The van der Waals surface area contributed by atoms with Gasteiger partial charge in [-0.2, -0.15) is 0 Å². The summed E-state index contributed by atoms with van der Waals surface area (Å²) in [6.45, 7) is 2.05. The van der Waals surface area contributed by atoms with Crippen molar-refractivity contribution in [1.29, 1.82) is 0 Å². The number of carbonyl (C=O) groups is 2. The van der Waals surface area contributed by atoms with Crippen LogP contribution in [0.15, 0.2) is 24.3 Å². The van der Waals surface area contributed by atoms with E-state index < -0.39 is 5.92 Å². The topological polar surface area (TPSA) is 63.2 Å². The Balaban J connectivity index is 1.86. The fraction of sp³-hybridized carbons (Fsp3) is 0.333. The quantitative estimate of drug-likeness (QED) is 0.805. The minimum atomic E-state index is -0.469. The van der Waals surface area contributed by atoms with Crippen LogP contribution >= 0.6 is 22.9 Å². The number of carbonyl (C=O) groups excluding carboxylic acids is 2. The largest absolute Gasteiger partial charge is 0.274 e. The van der Waals surface area contributed by atoms with E-state index in [9.17, 15) is 9.59 Å². The van der Waals surface area contributed by atoms with Crippen LogP contribution < -0.4 is 4.90 Å². The summed E-state index contributed by atoms with van der Waals surface area (Å²) in [7, 11) is 0. The van der Waals surface area contributed by atoms with Crippen molar-refractivity contribution >= 4 is 39.9 Å². The number of imide groups is 1. The second-order valence-electron chi connectivity index (χ2n) is 5.10.